The summed E-state index contributed by atoms with van der Waals surface area (Å²) in [6.07, 6.45) is 7.74. The zero-order chi connectivity index (χ0) is 11.7. The Morgan fingerprint density at radius 2 is 2.00 bits per heavy atom. The Labute approximate surface area is 95.8 Å². The standard InChI is InChI=1S/C9H8N8/c10-8-7(16-3-1-2-14-16)9(13-5-12-8)17-6-11-4-15-17/h1-6H,(H2,10,12,13). The minimum atomic E-state index is 0.328. The van der Waals surface area contributed by atoms with E-state index in [0.29, 0.717) is 17.3 Å². The Hall–Kier alpha value is -2.77. The second-order valence-corrected chi connectivity index (χ2v) is 3.22. The third-order valence-corrected chi connectivity index (χ3v) is 2.20. The van der Waals surface area contributed by atoms with E-state index in [1.165, 1.54) is 23.7 Å². The first kappa shape index (κ1) is 9.46. The van der Waals surface area contributed by atoms with E-state index in [2.05, 4.69) is 25.1 Å². The molecule has 0 amide bonds. The number of nitrogens with zero attached hydrogens (tertiary/aromatic N) is 7. The predicted molar refractivity (Wildman–Crippen MR) is 58.5 cm³/mol. The SMILES string of the molecule is Nc1ncnc(-n2cncn2)c1-n1cccn1. The Balaban J connectivity index is 2.26. The van der Waals surface area contributed by atoms with Crippen molar-refractivity contribution in [2.75, 3.05) is 5.73 Å². The number of rotatable bonds is 2. The summed E-state index contributed by atoms with van der Waals surface area (Å²) in [5.41, 5.74) is 6.42. The number of hydrogen-bond donors (Lipinski definition) is 1. The third-order valence-electron chi connectivity index (χ3n) is 2.20. The fourth-order valence-corrected chi connectivity index (χ4v) is 1.49. The van der Waals surface area contributed by atoms with E-state index < -0.39 is 0 Å². The van der Waals surface area contributed by atoms with Crippen LogP contribution in [0.1, 0.15) is 0 Å². The quantitative estimate of drug-likeness (QED) is 0.653. The molecule has 0 unspecified atom stereocenters. The number of anilines is 1. The van der Waals surface area contributed by atoms with Crippen molar-refractivity contribution in [3.05, 3.63) is 37.4 Å². The Morgan fingerprint density at radius 1 is 1.06 bits per heavy atom. The zero-order valence-electron chi connectivity index (χ0n) is 8.67. The molecule has 0 bridgehead atoms. The minimum Gasteiger partial charge on any atom is -0.382 e. The van der Waals surface area contributed by atoms with Crippen LogP contribution in [0.4, 0.5) is 5.82 Å². The van der Waals surface area contributed by atoms with E-state index in [1.807, 2.05) is 0 Å². The van der Waals surface area contributed by atoms with Gasteiger partial charge < -0.3 is 5.73 Å². The number of hydrogen-bond acceptors (Lipinski definition) is 6. The third kappa shape index (κ3) is 1.51. The Morgan fingerprint density at radius 3 is 2.71 bits per heavy atom. The molecule has 3 heterocycles. The summed E-state index contributed by atoms with van der Waals surface area (Å²) < 4.78 is 3.10. The van der Waals surface area contributed by atoms with Crippen LogP contribution in [0.5, 0.6) is 0 Å². The molecule has 8 nitrogen and oxygen atoms in total. The van der Waals surface area contributed by atoms with Crippen molar-refractivity contribution in [3.8, 4) is 11.5 Å². The van der Waals surface area contributed by atoms with Gasteiger partial charge in [0.15, 0.2) is 17.3 Å². The van der Waals surface area contributed by atoms with Crippen molar-refractivity contribution in [1.82, 2.24) is 34.5 Å². The van der Waals surface area contributed by atoms with E-state index in [9.17, 15) is 0 Å². The van der Waals surface area contributed by atoms with Crippen LogP contribution in [0.2, 0.25) is 0 Å². The molecule has 0 aliphatic carbocycles. The number of aromatic nitrogens is 7. The first-order valence-electron chi connectivity index (χ1n) is 4.82. The van der Waals surface area contributed by atoms with Crippen LogP contribution < -0.4 is 5.73 Å². The molecule has 2 N–H and O–H groups in total. The topological polar surface area (TPSA) is 100 Å². The molecule has 84 valence electrons. The van der Waals surface area contributed by atoms with Crippen molar-refractivity contribution >= 4 is 5.82 Å². The van der Waals surface area contributed by atoms with Gasteiger partial charge in [-0.25, -0.2) is 24.3 Å². The molecule has 0 atom stereocenters. The van der Waals surface area contributed by atoms with Crippen molar-refractivity contribution in [2.45, 2.75) is 0 Å². The van der Waals surface area contributed by atoms with Gasteiger partial charge in [0.2, 0.25) is 0 Å². The molecular formula is C9H8N8. The van der Waals surface area contributed by atoms with Crippen molar-refractivity contribution in [2.24, 2.45) is 0 Å². The summed E-state index contributed by atoms with van der Waals surface area (Å²) in [6, 6.07) is 1.79. The molecule has 8 heteroatoms. The smallest absolute Gasteiger partial charge is 0.186 e. The highest BCUT2D eigenvalue weighted by Crippen LogP contribution is 2.19. The highest BCUT2D eigenvalue weighted by atomic mass is 15.4. The van der Waals surface area contributed by atoms with Gasteiger partial charge in [0.1, 0.15) is 19.0 Å². The first-order chi connectivity index (χ1) is 8.36. The first-order valence-corrected chi connectivity index (χ1v) is 4.82. The predicted octanol–water partition coefficient (Wildman–Crippen LogP) is -0.175. The van der Waals surface area contributed by atoms with Crippen LogP contribution in [-0.2, 0) is 0 Å². The van der Waals surface area contributed by atoms with Gasteiger partial charge in [0.05, 0.1) is 0 Å². The lowest BCUT2D eigenvalue weighted by Crippen LogP contribution is -2.10. The molecule has 0 spiro atoms. The Bertz CT molecular complexity index is 613. The molecule has 0 saturated carbocycles. The van der Waals surface area contributed by atoms with Gasteiger partial charge >= 0.3 is 0 Å². The fraction of sp³-hybridized carbons (Fsp3) is 0. The maximum absolute atomic E-state index is 5.85. The zero-order valence-corrected chi connectivity index (χ0v) is 8.67. The molecule has 3 aromatic rings. The van der Waals surface area contributed by atoms with Crippen LogP contribution in [0.15, 0.2) is 37.4 Å². The molecule has 3 aromatic heterocycles. The molecule has 0 saturated heterocycles. The lowest BCUT2D eigenvalue weighted by Gasteiger charge is -2.09. The monoisotopic (exact) mass is 228 g/mol. The maximum atomic E-state index is 5.85. The Kier molecular flexibility index (Phi) is 2.04. The number of nitrogens with two attached hydrogens (primary N) is 1. The van der Waals surface area contributed by atoms with Gasteiger partial charge in [-0.2, -0.15) is 10.2 Å². The molecule has 0 aliphatic heterocycles. The molecule has 0 radical (unpaired) electrons. The van der Waals surface area contributed by atoms with E-state index in [1.54, 1.807) is 23.1 Å². The summed E-state index contributed by atoms with van der Waals surface area (Å²) in [5.74, 6) is 0.855. The molecule has 0 fully saturated rings. The molecular weight excluding hydrogens is 220 g/mol. The fourth-order valence-electron chi connectivity index (χ4n) is 1.49. The molecule has 0 aliphatic rings. The summed E-state index contributed by atoms with van der Waals surface area (Å²) in [5, 5.41) is 8.13. The van der Waals surface area contributed by atoms with Crippen molar-refractivity contribution < 1.29 is 0 Å². The van der Waals surface area contributed by atoms with Crippen LogP contribution in [0.3, 0.4) is 0 Å². The lowest BCUT2D eigenvalue weighted by molar-refractivity contribution is 0.792. The lowest BCUT2D eigenvalue weighted by atomic mass is 10.4. The maximum Gasteiger partial charge on any atom is 0.186 e. The average molecular weight is 228 g/mol. The van der Waals surface area contributed by atoms with E-state index >= 15 is 0 Å². The van der Waals surface area contributed by atoms with Gasteiger partial charge in [-0.15, -0.1) is 0 Å². The van der Waals surface area contributed by atoms with Gasteiger partial charge in [-0.3, -0.25) is 0 Å². The van der Waals surface area contributed by atoms with E-state index in [4.69, 9.17) is 5.73 Å². The van der Waals surface area contributed by atoms with E-state index in [-0.39, 0.29) is 0 Å². The summed E-state index contributed by atoms with van der Waals surface area (Å²) in [6.45, 7) is 0. The second-order valence-electron chi connectivity index (χ2n) is 3.22. The highest BCUT2D eigenvalue weighted by molar-refractivity contribution is 5.60. The van der Waals surface area contributed by atoms with Crippen LogP contribution >= 0.6 is 0 Å². The summed E-state index contributed by atoms with van der Waals surface area (Å²) in [7, 11) is 0. The van der Waals surface area contributed by atoms with Gasteiger partial charge in [-0.05, 0) is 6.07 Å². The van der Waals surface area contributed by atoms with Crippen LogP contribution in [-0.4, -0.2) is 34.5 Å². The van der Waals surface area contributed by atoms with Crippen molar-refractivity contribution in [3.63, 3.8) is 0 Å². The van der Waals surface area contributed by atoms with Crippen molar-refractivity contribution in [1.29, 1.82) is 0 Å². The molecule has 0 aromatic carbocycles. The molecule has 17 heavy (non-hydrogen) atoms. The van der Waals surface area contributed by atoms with E-state index in [0.717, 1.165) is 0 Å². The van der Waals surface area contributed by atoms with Gasteiger partial charge in [-0.1, -0.05) is 0 Å². The largest absolute Gasteiger partial charge is 0.382 e. The number of nitrogen functional groups attached to an aromatic ring is 1. The van der Waals surface area contributed by atoms with Gasteiger partial charge in [0.25, 0.3) is 0 Å². The van der Waals surface area contributed by atoms with Crippen LogP contribution in [0, 0.1) is 0 Å². The molecule has 3 rings (SSSR count). The summed E-state index contributed by atoms with van der Waals surface area (Å²) >= 11 is 0. The van der Waals surface area contributed by atoms with Crippen LogP contribution in [0.25, 0.3) is 11.5 Å². The normalized spacial score (nSPS) is 10.6. The summed E-state index contributed by atoms with van der Waals surface area (Å²) in [4.78, 5) is 12.0. The highest BCUT2D eigenvalue weighted by Gasteiger charge is 2.13. The average Bonchev–Trinajstić information content (AvgIpc) is 3.02. The van der Waals surface area contributed by atoms with Gasteiger partial charge in [0, 0.05) is 12.4 Å². The minimum absolute atomic E-state index is 0.328. The second kappa shape index (κ2) is 3.67.